The summed E-state index contributed by atoms with van der Waals surface area (Å²) < 4.78 is 0. The Labute approximate surface area is 95.0 Å². The Balaban J connectivity index is 2.23. The Hall–Kier alpha value is -0.460. The molecule has 0 unspecified atom stereocenters. The van der Waals surface area contributed by atoms with Gasteiger partial charge in [0.15, 0.2) is 0 Å². The molecule has 0 atom stereocenters. The quantitative estimate of drug-likeness (QED) is 0.467. The molecule has 1 aromatic heterocycles. The molecule has 0 radical (unpaired) electrons. The van der Waals surface area contributed by atoms with Gasteiger partial charge in [-0.25, -0.2) is 0 Å². The van der Waals surface area contributed by atoms with Gasteiger partial charge in [-0.3, -0.25) is 0 Å². The van der Waals surface area contributed by atoms with Gasteiger partial charge in [-0.2, -0.15) is 0 Å². The van der Waals surface area contributed by atoms with Gasteiger partial charge in [0.2, 0.25) is 0 Å². The smallest absolute Gasteiger partial charge is 0.0300 e. The van der Waals surface area contributed by atoms with Gasteiger partial charge in [0.25, 0.3) is 0 Å². The maximum Gasteiger partial charge on any atom is 0.0300 e. The van der Waals surface area contributed by atoms with Crippen molar-refractivity contribution in [1.82, 2.24) is 10.6 Å². The number of nitrogens with two attached hydrogens (primary N) is 2. The van der Waals surface area contributed by atoms with Crippen molar-refractivity contribution in [1.29, 1.82) is 0 Å². The zero-order valence-corrected chi connectivity index (χ0v) is 9.78. The minimum Gasteiger partial charge on any atom is -0.329 e. The minimum absolute atomic E-state index is 0.691. The topological polar surface area (TPSA) is 76.1 Å². The van der Waals surface area contributed by atoms with Crippen molar-refractivity contribution in [3.05, 3.63) is 21.9 Å². The number of thiophene rings is 1. The number of hydrogen-bond donors (Lipinski definition) is 4. The van der Waals surface area contributed by atoms with Gasteiger partial charge in [-0.15, -0.1) is 11.3 Å². The SMILES string of the molecule is NCCNCc1ccc(CNCCN)s1. The van der Waals surface area contributed by atoms with E-state index >= 15 is 0 Å². The fourth-order valence-electron chi connectivity index (χ4n) is 1.24. The van der Waals surface area contributed by atoms with Crippen LogP contribution in [0.15, 0.2) is 12.1 Å². The molecule has 1 rings (SSSR count). The molecule has 15 heavy (non-hydrogen) atoms. The second-order valence-corrected chi connectivity index (χ2v) is 4.55. The van der Waals surface area contributed by atoms with Crippen LogP contribution in [0.1, 0.15) is 9.75 Å². The highest BCUT2D eigenvalue weighted by Gasteiger charge is 1.98. The molecule has 5 heteroatoms. The predicted molar refractivity (Wildman–Crippen MR) is 65.8 cm³/mol. The highest BCUT2D eigenvalue weighted by atomic mass is 32.1. The number of nitrogens with one attached hydrogen (secondary N) is 2. The van der Waals surface area contributed by atoms with Gasteiger partial charge in [0.1, 0.15) is 0 Å². The molecule has 0 aliphatic rings. The monoisotopic (exact) mass is 228 g/mol. The molecule has 0 amide bonds. The molecule has 0 aromatic carbocycles. The van der Waals surface area contributed by atoms with E-state index in [1.807, 2.05) is 11.3 Å². The molecule has 86 valence electrons. The van der Waals surface area contributed by atoms with Crippen LogP contribution in [0.2, 0.25) is 0 Å². The second kappa shape index (κ2) is 7.78. The summed E-state index contributed by atoms with van der Waals surface area (Å²) in [6, 6.07) is 4.32. The Bertz CT molecular complexity index is 237. The zero-order chi connectivity index (χ0) is 10.9. The maximum atomic E-state index is 5.40. The predicted octanol–water partition coefficient (Wildman–Crippen LogP) is -0.155. The Morgan fingerprint density at radius 3 is 1.80 bits per heavy atom. The van der Waals surface area contributed by atoms with Crippen LogP contribution < -0.4 is 22.1 Å². The molecule has 1 aromatic rings. The van der Waals surface area contributed by atoms with Crippen molar-refractivity contribution in [3.63, 3.8) is 0 Å². The van der Waals surface area contributed by atoms with Crippen molar-refractivity contribution in [2.24, 2.45) is 11.5 Å². The summed E-state index contributed by atoms with van der Waals surface area (Å²) in [6.07, 6.45) is 0. The van der Waals surface area contributed by atoms with E-state index in [0.29, 0.717) is 13.1 Å². The first-order chi connectivity index (χ1) is 7.36. The molecular weight excluding hydrogens is 208 g/mol. The highest BCUT2D eigenvalue weighted by Crippen LogP contribution is 2.15. The van der Waals surface area contributed by atoms with Crippen LogP contribution in [-0.4, -0.2) is 26.2 Å². The van der Waals surface area contributed by atoms with E-state index in [9.17, 15) is 0 Å². The molecule has 0 bridgehead atoms. The average molecular weight is 228 g/mol. The minimum atomic E-state index is 0.691. The molecule has 4 nitrogen and oxygen atoms in total. The molecule has 0 fully saturated rings. The lowest BCUT2D eigenvalue weighted by atomic mass is 10.4. The van der Waals surface area contributed by atoms with Crippen LogP contribution in [0.5, 0.6) is 0 Å². The molecule has 0 aliphatic carbocycles. The summed E-state index contributed by atoms with van der Waals surface area (Å²) in [6.45, 7) is 4.96. The largest absolute Gasteiger partial charge is 0.329 e. The first-order valence-corrected chi connectivity index (χ1v) is 6.07. The van der Waals surface area contributed by atoms with Gasteiger partial charge in [0, 0.05) is 49.0 Å². The van der Waals surface area contributed by atoms with E-state index in [1.54, 1.807) is 0 Å². The van der Waals surface area contributed by atoms with Crippen LogP contribution >= 0.6 is 11.3 Å². The van der Waals surface area contributed by atoms with E-state index in [1.165, 1.54) is 9.75 Å². The van der Waals surface area contributed by atoms with E-state index in [-0.39, 0.29) is 0 Å². The summed E-state index contributed by atoms with van der Waals surface area (Å²) in [5, 5.41) is 6.55. The van der Waals surface area contributed by atoms with E-state index < -0.39 is 0 Å². The summed E-state index contributed by atoms with van der Waals surface area (Å²) >= 11 is 1.83. The Morgan fingerprint density at radius 2 is 1.40 bits per heavy atom. The van der Waals surface area contributed by atoms with Gasteiger partial charge in [-0.05, 0) is 12.1 Å². The molecule has 6 N–H and O–H groups in total. The van der Waals surface area contributed by atoms with E-state index in [0.717, 1.165) is 26.2 Å². The van der Waals surface area contributed by atoms with Crippen molar-refractivity contribution < 1.29 is 0 Å². The first kappa shape index (κ1) is 12.6. The van der Waals surface area contributed by atoms with Crippen LogP contribution in [0.4, 0.5) is 0 Å². The first-order valence-electron chi connectivity index (χ1n) is 5.26. The third-order valence-electron chi connectivity index (χ3n) is 1.96. The van der Waals surface area contributed by atoms with Crippen molar-refractivity contribution in [2.45, 2.75) is 13.1 Å². The fraction of sp³-hybridized carbons (Fsp3) is 0.600. The van der Waals surface area contributed by atoms with E-state index in [4.69, 9.17) is 11.5 Å². The second-order valence-electron chi connectivity index (χ2n) is 3.30. The van der Waals surface area contributed by atoms with Gasteiger partial charge < -0.3 is 22.1 Å². The highest BCUT2D eigenvalue weighted by molar-refractivity contribution is 7.11. The molecule has 0 aliphatic heterocycles. The van der Waals surface area contributed by atoms with Crippen LogP contribution in [0.3, 0.4) is 0 Å². The molecule has 1 heterocycles. The molecular formula is C10H20N4S. The summed E-state index contributed by atoms with van der Waals surface area (Å²) in [7, 11) is 0. The summed E-state index contributed by atoms with van der Waals surface area (Å²) in [5.74, 6) is 0. The van der Waals surface area contributed by atoms with Crippen LogP contribution in [-0.2, 0) is 13.1 Å². The van der Waals surface area contributed by atoms with Crippen LogP contribution in [0.25, 0.3) is 0 Å². The van der Waals surface area contributed by atoms with Gasteiger partial charge >= 0.3 is 0 Å². The number of rotatable bonds is 8. The summed E-state index contributed by atoms with van der Waals surface area (Å²) in [4.78, 5) is 2.71. The summed E-state index contributed by atoms with van der Waals surface area (Å²) in [5.41, 5.74) is 10.8. The number of hydrogen-bond acceptors (Lipinski definition) is 5. The van der Waals surface area contributed by atoms with Gasteiger partial charge in [-0.1, -0.05) is 0 Å². The standard InChI is InChI=1S/C10H20N4S/c11-3-5-13-7-9-1-2-10(15-9)8-14-6-4-12/h1-2,13-14H,3-8,11-12H2. The average Bonchev–Trinajstić information content (AvgIpc) is 2.67. The van der Waals surface area contributed by atoms with Crippen molar-refractivity contribution >= 4 is 11.3 Å². The lowest BCUT2D eigenvalue weighted by Gasteiger charge is -2.00. The fourth-order valence-corrected chi connectivity index (χ4v) is 2.20. The Kier molecular flexibility index (Phi) is 6.54. The van der Waals surface area contributed by atoms with E-state index in [2.05, 4.69) is 22.8 Å². The lowest BCUT2D eigenvalue weighted by Crippen LogP contribution is -2.21. The molecule has 0 saturated heterocycles. The molecule has 0 saturated carbocycles. The lowest BCUT2D eigenvalue weighted by molar-refractivity contribution is 0.701. The molecule has 0 spiro atoms. The third kappa shape index (κ3) is 5.25. The Morgan fingerprint density at radius 1 is 0.933 bits per heavy atom. The van der Waals surface area contributed by atoms with Crippen LogP contribution in [0, 0.1) is 0 Å². The normalized spacial score (nSPS) is 10.8. The van der Waals surface area contributed by atoms with Crippen molar-refractivity contribution in [3.8, 4) is 0 Å². The zero-order valence-electron chi connectivity index (χ0n) is 8.96. The third-order valence-corrected chi connectivity index (χ3v) is 3.04. The van der Waals surface area contributed by atoms with Gasteiger partial charge in [0.05, 0.1) is 0 Å². The maximum absolute atomic E-state index is 5.40. The van der Waals surface area contributed by atoms with Crippen molar-refractivity contribution in [2.75, 3.05) is 26.2 Å².